The van der Waals surface area contributed by atoms with Gasteiger partial charge in [0.05, 0.1) is 0 Å². The third-order valence-corrected chi connectivity index (χ3v) is 4.14. The van der Waals surface area contributed by atoms with Crippen molar-refractivity contribution in [2.45, 2.75) is 20.0 Å². The second-order valence-corrected chi connectivity index (χ2v) is 6.09. The minimum absolute atomic E-state index is 0.204. The van der Waals surface area contributed by atoms with Gasteiger partial charge in [-0.25, -0.2) is 14.4 Å². The molecule has 2 N–H and O–H groups in total. The zero-order valence-corrected chi connectivity index (χ0v) is 13.8. The topological polar surface area (TPSA) is 56.3 Å². The van der Waals surface area contributed by atoms with E-state index in [1.807, 2.05) is 42.3 Å². The molecular weight excluding hydrogens is 317 g/mol. The number of hydrogen-bond donors (Lipinski definition) is 2. The van der Waals surface area contributed by atoms with Crippen molar-refractivity contribution in [2.24, 2.45) is 4.99 Å². The number of fused-ring (bicyclic) bond motifs is 1. The number of hydrogen-bond acceptors (Lipinski definition) is 3. The summed E-state index contributed by atoms with van der Waals surface area (Å²) in [6, 6.07) is 16.8. The summed E-state index contributed by atoms with van der Waals surface area (Å²) in [5.74, 6) is 1.12. The van der Waals surface area contributed by atoms with E-state index in [0.29, 0.717) is 30.3 Å². The van der Waals surface area contributed by atoms with Gasteiger partial charge in [-0.2, -0.15) is 5.10 Å². The molecule has 0 unspecified atom stereocenters. The highest BCUT2D eigenvalue weighted by Gasteiger charge is 2.21. The van der Waals surface area contributed by atoms with Gasteiger partial charge in [0.2, 0.25) is 0 Å². The minimum atomic E-state index is -0.204. The van der Waals surface area contributed by atoms with Gasteiger partial charge >= 0.3 is 0 Å². The van der Waals surface area contributed by atoms with Crippen molar-refractivity contribution in [3.05, 3.63) is 82.8 Å². The number of halogens is 1. The summed E-state index contributed by atoms with van der Waals surface area (Å²) in [5, 5.41) is 9.02. The number of benzene rings is 2. The molecular formula is C19H18FN5. The third-order valence-electron chi connectivity index (χ3n) is 4.14. The number of aliphatic imine (C=N–C) groups is 1. The SMILES string of the molecule is Cc1cc(N=C2NN(Cc3ccccc3F)Cc3ccccc32)n[nH]1. The molecule has 0 spiro atoms. The van der Waals surface area contributed by atoms with E-state index in [-0.39, 0.29) is 5.82 Å². The maximum absolute atomic E-state index is 14.0. The van der Waals surface area contributed by atoms with Gasteiger partial charge in [-0.15, -0.1) is 0 Å². The molecule has 0 bridgehead atoms. The molecule has 0 saturated heterocycles. The first-order valence-corrected chi connectivity index (χ1v) is 8.13. The quantitative estimate of drug-likeness (QED) is 0.771. The highest BCUT2D eigenvalue weighted by Crippen LogP contribution is 2.21. The fourth-order valence-corrected chi connectivity index (χ4v) is 2.93. The molecule has 0 radical (unpaired) electrons. The van der Waals surface area contributed by atoms with Crippen molar-refractivity contribution in [2.75, 3.05) is 0 Å². The summed E-state index contributed by atoms with van der Waals surface area (Å²) in [6.07, 6.45) is 0. The first kappa shape index (κ1) is 15.5. The fraction of sp³-hybridized carbons (Fsp3) is 0.158. The Labute approximate surface area is 145 Å². The molecule has 2 heterocycles. The monoisotopic (exact) mass is 335 g/mol. The molecule has 0 amide bonds. The van der Waals surface area contributed by atoms with Crippen molar-refractivity contribution in [3.8, 4) is 0 Å². The predicted molar refractivity (Wildman–Crippen MR) is 94.7 cm³/mol. The first-order chi connectivity index (χ1) is 12.2. The standard InChI is InChI=1S/C19H18FN5/c1-13-10-18(23-22-13)21-19-16-8-4-2-6-14(16)11-25(24-19)12-15-7-3-5-9-17(15)20/h2-10H,11-12H2,1H3,(H2,21,22,23,24). The van der Waals surface area contributed by atoms with Gasteiger partial charge in [-0.05, 0) is 18.6 Å². The lowest BCUT2D eigenvalue weighted by molar-refractivity contribution is 0.206. The van der Waals surface area contributed by atoms with Gasteiger partial charge in [0.1, 0.15) is 5.82 Å². The second-order valence-electron chi connectivity index (χ2n) is 6.09. The van der Waals surface area contributed by atoms with Crippen molar-refractivity contribution in [3.63, 3.8) is 0 Å². The Bertz CT molecular complexity index is 931. The summed E-state index contributed by atoms with van der Waals surface area (Å²) in [6.45, 7) is 3.05. The average Bonchev–Trinajstić information content (AvgIpc) is 3.02. The number of nitrogens with one attached hydrogen (secondary N) is 2. The van der Waals surface area contributed by atoms with Crippen molar-refractivity contribution in [1.29, 1.82) is 0 Å². The van der Waals surface area contributed by atoms with Gasteiger partial charge in [0.15, 0.2) is 11.7 Å². The molecule has 1 aliphatic heterocycles. The molecule has 0 fully saturated rings. The van der Waals surface area contributed by atoms with Gasteiger partial charge < -0.3 is 5.43 Å². The van der Waals surface area contributed by atoms with Crippen LogP contribution in [0.5, 0.6) is 0 Å². The van der Waals surface area contributed by atoms with Gasteiger partial charge in [-0.1, -0.05) is 42.5 Å². The molecule has 1 aliphatic rings. The van der Waals surface area contributed by atoms with Gasteiger partial charge in [-0.3, -0.25) is 5.10 Å². The number of H-pyrrole nitrogens is 1. The predicted octanol–water partition coefficient (Wildman–Crippen LogP) is 3.46. The molecule has 1 aromatic heterocycles. The highest BCUT2D eigenvalue weighted by atomic mass is 19.1. The van der Waals surface area contributed by atoms with E-state index in [2.05, 4.69) is 26.7 Å². The molecule has 5 nitrogen and oxygen atoms in total. The molecule has 4 rings (SSSR count). The maximum atomic E-state index is 14.0. The molecule has 3 aromatic rings. The summed E-state index contributed by atoms with van der Waals surface area (Å²) in [5.41, 5.74) is 7.08. The Hall–Kier alpha value is -2.99. The molecule has 25 heavy (non-hydrogen) atoms. The Morgan fingerprint density at radius 1 is 1.16 bits per heavy atom. The highest BCUT2D eigenvalue weighted by molar-refractivity contribution is 6.01. The van der Waals surface area contributed by atoms with Crippen LogP contribution in [-0.2, 0) is 13.1 Å². The average molecular weight is 335 g/mol. The van der Waals surface area contributed by atoms with Crippen LogP contribution >= 0.6 is 0 Å². The van der Waals surface area contributed by atoms with E-state index in [9.17, 15) is 4.39 Å². The van der Waals surface area contributed by atoms with Crippen LogP contribution < -0.4 is 5.43 Å². The number of aromatic nitrogens is 2. The molecule has 0 aliphatic carbocycles. The van der Waals surface area contributed by atoms with Crippen LogP contribution in [0.3, 0.4) is 0 Å². The molecule has 126 valence electrons. The smallest absolute Gasteiger partial charge is 0.175 e. The lowest BCUT2D eigenvalue weighted by Crippen LogP contribution is -2.46. The first-order valence-electron chi connectivity index (χ1n) is 8.13. The lowest BCUT2D eigenvalue weighted by Gasteiger charge is -2.31. The summed E-state index contributed by atoms with van der Waals surface area (Å²) < 4.78 is 14.0. The van der Waals surface area contributed by atoms with Crippen molar-refractivity contribution < 1.29 is 4.39 Å². The summed E-state index contributed by atoms with van der Waals surface area (Å²) in [7, 11) is 0. The van der Waals surface area contributed by atoms with Crippen LogP contribution in [0.4, 0.5) is 10.2 Å². The van der Waals surface area contributed by atoms with Crippen LogP contribution in [0, 0.1) is 12.7 Å². The van der Waals surface area contributed by atoms with Crippen LogP contribution in [0.2, 0.25) is 0 Å². The van der Waals surface area contributed by atoms with E-state index < -0.39 is 0 Å². The van der Waals surface area contributed by atoms with E-state index in [0.717, 1.165) is 16.8 Å². The summed E-state index contributed by atoms with van der Waals surface area (Å²) in [4.78, 5) is 4.62. The molecule has 6 heteroatoms. The van der Waals surface area contributed by atoms with E-state index in [1.165, 1.54) is 6.07 Å². The number of aromatic amines is 1. The molecule has 0 saturated carbocycles. The Kier molecular flexibility index (Phi) is 4.03. The normalized spacial score (nSPS) is 15.8. The number of rotatable bonds is 3. The Morgan fingerprint density at radius 2 is 1.96 bits per heavy atom. The van der Waals surface area contributed by atoms with Crippen LogP contribution in [0.25, 0.3) is 0 Å². The fourth-order valence-electron chi connectivity index (χ4n) is 2.93. The zero-order valence-electron chi connectivity index (χ0n) is 13.8. The number of nitrogens with zero attached hydrogens (tertiary/aromatic N) is 3. The van der Waals surface area contributed by atoms with Gasteiger partial charge in [0.25, 0.3) is 0 Å². The van der Waals surface area contributed by atoms with E-state index in [4.69, 9.17) is 0 Å². The molecule has 2 aromatic carbocycles. The number of amidine groups is 1. The van der Waals surface area contributed by atoms with Crippen molar-refractivity contribution in [1.82, 2.24) is 20.6 Å². The maximum Gasteiger partial charge on any atom is 0.175 e. The summed E-state index contributed by atoms with van der Waals surface area (Å²) >= 11 is 0. The molecule has 0 atom stereocenters. The zero-order chi connectivity index (χ0) is 17.2. The van der Waals surface area contributed by atoms with Crippen molar-refractivity contribution >= 4 is 11.7 Å². The Balaban J connectivity index is 1.67. The van der Waals surface area contributed by atoms with E-state index >= 15 is 0 Å². The van der Waals surface area contributed by atoms with Gasteiger partial charge in [0, 0.05) is 36.0 Å². The van der Waals surface area contributed by atoms with Crippen LogP contribution in [0.1, 0.15) is 22.4 Å². The number of aryl methyl sites for hydroxylation is 1. The number of hydrazine groups is 1. The Morgan fingerprint density at radius 3 is 2.76 bits per heavy atom. The minimum Gasteiger partial charge on any atom is -0.302 e. The van der Waals surface area contributed by atoms with E-state index in [1.54, 1.807) is 12.1 Å². The largest absolute Gasteiger partial charge is 0.302 e. The second kappa shape index (κ2) is 6.49. The van der Waals surface area contributed by atoms with Crippen LogP contribution in [-0.4, -0.2) is 21.0 Å². The lowest BCUT2D eigenvalue weighted by atomic mass is 10.0. The van der Waals surface area contributed by atoms with Crippen LogP contribution in [0.15, 0.2) is 59.6 Å². The third kappa shape index (κ3) is 3.29.